The highest BCUT2D eigenvalue weighted by Crippen LogP contribution is 2.19. The van der Waals surface area contributed by atoms with Gasteiger partial charge >= 0.3 is 0 Å². The minimum Gasteiger partial charge on any atom is -0.338 e. The first-order chi connectivity index (χ1) is 8.04. The standard InChI is InChI=1S/C13H27N3O/c1-11(9-14)6-7-13(17)16-8-4-5-12(16)10-15(2)3/h11-12H,4-10,14H2,1-3H3. The molecule has 0 spiro atoms. The first-order valence-corrected chi connectivity index (χ1v) is 6.68. The molecular formula is C13H27N3O. The number of hydrogen-bond acceptors (Lipinski definition) is 3. The van der Waals surface area contributed by atoms with Crippen LogP contribution in [0.15, 0.2) is 0 Å². The lowest BCUT2D eigenvalue weighted by molar-refractivity contribution is -0.132. The van der Waals surface area contributed by atoms with E-state index in [0.717, 1.165) is 32.4 Å². The van der Waals surface area contributed by atoms with E-state index in [0.29, 0.717) is 30.8 Å². The minimum atomic E-state index is 0.314. The van der Waals surface area contributed by atoms with Crippen LogP contribution in [-0.4, -0.2) is 55.5 Å². The Morgan fingerprint density at radius 3 is 2.82 bits per heavy atom. The molecule has 1 heterocycles. The summed E-state index contributed by atoms with van der Waals surface area (Å²) in [6.07, 6.45) is 3.87. The third-order valence-electron chi connectivity index (χ3n) is 3.53. The fourth-order valence-corrected chi connectivity index (χ4v) is 2.41. The summed E-state index contributed by atoms with van der Waals surface area (Å²) in [6.45, 7) is 4.70. The normalized spacial score (nSPS) is 22.2. The van der Waals surface area contributed by atoms with Gasteiger partial charge in [0, 0.05) is 25.6 Å². The van der Waals surface area contributed by atoms with Gasteiger partial charge < -0.3 is 15.5 Å². The molecule has 2 atom stereocenters. The van der Waals surface area contributed by atoms with E-state index in [1.807, 2.05) is 0 Å². The van der Waals surface area contributed by atoms with Crippen LogP contribution in [0, 0.1) is 5.92 Å². The van der Waals surface area contributed by atoms with E-state index < -0.39 is 0 Å². The minimum absolute atomic E-state index is 0.314. The summed E-state index contributed by atoms with van der Waals surface area (Å²) < 4.78 is 0. The molecule has 0 aromatic carbocycles. The first kappa shape index (κ1) is 14.5. The molecule has 1 amide bonds. The van der Waals surface area contributed by atoms with E-state index in [2.05, 4.69) is 30.8 Å². The van der Waals surface area contributed by atoms with E-state index >= 15 is 0 Å². The molecule has 4 nitrogen and oxygen atoms in total. The van der Waals surface area contributed by atoms with E-state index in [-0.39, 0.29) is 0 Å². The zero-order valence-electron chi connectivity index (χ0n) is 11.5. The fourth-order valence-electron chi connectivity index (χ4n) is 2.41. The molecule has 1 aliphatic rings. The monoisotopic (exact) mass is 241 g/mol. The summed E-state index contributed by atoms with van der Waals surface area (Å²) in [5, 5.41) is 0. The van der Waals surface area contributed by atoms with Gasteiger partial charge in [-0.1, -0.05) is 6.92 Å². The summed E-state index contributed by atoms with van der Waals surface area (Å²) in [4.78, 5) is 16.4. The Hall–Kier alpha value is -0.610. The zero-order chi connectivity index (χ0) is 12.8. The van der Waals surface area contributed by atoms with Crippen LogP contribution in [-0.2, 0) is 4.79 Å². The molecule has 100 valence electrons. The lowest BCUT2D eigenvalue weighted by atomic mass is 10.1. The van der Waals surface area contributed by atoms with Crippen molar-refractivity contribution in [3.63, 3.8) is 0 Å². The third-order valence-corrected chi connectivity index (χ3v) is 3.53. The maximum absolute atomic E-state index is 12.1. The Morgan fingerprint density at radius 1 is 1.53 bits per heavy atom. The Kier molecular flexibility index (Phi) is 5.92. The molecule has 0 aromatic heterocycles. The van der Waals surface area contributed by atoms with Gasteiger partial charge in [-0.05, 0) is 45.8 Å². The fraction of sp³-hybridized carbons (Fsp3) is 0.923. The Labute approximate surface area is 105 Å². The van der Waals surface area contributed by atoms with Gasteiger partial charge in [0.05, 0.1) is 0 Å². The Balaban J connectivity index is 2.39. The van der Waals surface area contributed by atoms with Crippen molar-refractivity contribution in [2.24, 2.45) is 11.7 Å². The number of amides is 1. The van der Waals surface area contributed by atoms with Crippen LogP contribution in [0.4, 0.5) is 0 Å². The molecule has 1 aliphatic heterocycles. The number of likely N-dealkylation sites (N-methyl/N-ethyl adjacent to an activating group) is 1. The van der Waals surface area contributed by atoms with Gasteiger partial charge in [-0.15, -0.1) is 0 Å². The summed E-state index contributed by atoms with van der Waals surface area (Å²) in [7, 11) is 4.13. The number of hydrogen-bond donors (Lipinski definition) is 1. The molecule has 2 N–H and O–H groups in total. The molecule has 0 saturated carbocycles. The van der Waals surface area contributed by atoms with Gasteiger partial charge in [-0.2, -0.15) is 0 Å². The lowest BCUT2D eigenvalue weighted by Crippen LogP contribution is -2.41. The molecule has 1 fully saturated rings. The average molecular weight is 241 g/mol. The first-order valence-electron chi connectivity index (χ1n) is 6.68. The molecule has 1 rings (SSSR count). The molecule has 1 saturated heterocycles. The maximum atomic E-state index is 12.1. The predicted octanol–water partition coefficient (Wildman–Crippen LogP) is 0.914. The zero-order valence-corrected chi connectivity index (χ0v) is 11.5. The second-order valence-corrected chi connectivity index (χ2v) is 5.52. The van der Waals surface area contributed by atoms with Gasteiger partial charge in [-0.25, -0.2) is 0 Å². The van der Waals surface area contributed by atoms with Crippen LogP contribution in [0.25, 0.3) is 0 Å². The second kappa shape index (κ2) is 6.97. The van der Waals surface area contributed by atoms with Gasteiger partial charge in [0.1, 0.15) is 0 Å². The van der Waals surface area contributed by atoms with E-state index in [1.165, 1.54) is 0 Å². The van der Waals surface area contributed by atoms with Gasteiger partial charge in [0.25, 0.3) is 0 Å². The van der Waals surface area contributed by atoms with Crippen LogP contribution >= 0.6 is 0 Å². The highest BCUT2D eigenvalue weighted by atomic mass is 16.2. The number of carbonyl (C=O) groups excluding carboxylic acids is 1. The molecule has 4 heteroatoms. The van der Waals surface area contributed by atoms with Crippen LogP contribution in [0.1, 0.15) is 32.6 Å². The van der Waals surface area contributed by atoms with Crippen molar-refractivity contribution >= 4 is 5.91 Å². The highest BCUT2D eigenvalue weighted by molar-refractivity contribution is 5.76. The molecule has 0 radical (unpaired) electrons. The van der Waals surface area contributed by atoms with Crippen LogP contribution in [0.2, 0.25) is 0 Å². The van der Waals surface area contributed by atoms with Gasteiger partial charge in [-0.3, -0.25) is 4.79 Å². The van der Waals surface area contributed by atoms with Crippen molar-refractivity contribution in [2.75, 3.05) is 33.7 Å². The van der Waals surface area contributed by atoms with Crippen LogP contribution in [0.3, 0.4) is 0 Å². The summed E-state index contributed by atoms with van der Waals surface area (Å²) in [5.41, 5.74) is 5.57. The number of nitrogens with two attached hydrogens (primary N) is 1. The molecule has 2 unspecified atom stereocenters. The molecular weight excluding hydrogens is 214 g/mol. The highest BCUT2D eigenvalue weighted by Gasteiger charge is 2.28. The van der Waals surface area contributed by atoms with E-state index in [4.69, 9.17) is 5.73 Å². The van der Waals surface area contributed by atoms with Crippen LogP contribution < -0.4 is 5.73 Å². The van der Waals surface area contributed by atoms with Crippen molar-refractivity contribution in [1.29, 1.82) is 0 Å². The lowest BCUT2D eigenvalue weighted by Gasteiger charge is -2.27. The number of carbonyl (C=O) groups is 1. The van der Waals surface area contributed by atoms with Crippen molar-refractivity contribution in [3.05, 3.63) is 0 Å². The molecule has 0 bridgehead atoms. The number of nitrogens with zero attached hydrogens (tertiary/aromatic N) is 2. The molecule has 0 aliphatic carbocycles. The van der Waals surface area contributed by atoms with Gasteiger partial charge in [0.2, 0.25) is 5.91 Å². The molecule has 17 heavy (non-hydrogen) atoms. The smallest absolute Gasteiger partial charge is 0.222 e. The van der Waals surface area contributed by atoms with Gasteiger partial charge in [0.15, 0.2) is 0 Å². The van der Waals surface area contributed by atoms with Crippen molar-refractivity contribution in [1.82, 2.24) is 9.80 Å². The SMILES string of the molecule is CC(CN)CCC(=O)N1CCCC1CN(C)C. The average Bonchev–Trinajstić information content (AvgIpc) is 2.72. The Morgan fingerprint density at radius 2 is 2.24 bits per heavy atom. The maximum Gasteiger partial charge on any atom is 0.222 e. The quantitative estimate of drug-likeness (QED) is 0.752. The summed E-state index contributed by atoms with van der Waals surface area (Å²) in [5.74, 6) is 0.767. The van der Waals surface area contributed by atoms with E-state index in [1.54, 1.807) is 0 Å². The van der Waals surface area contributed by atoms with E-state index in [9.17, 15) is 4.79 Å². The van der Waals surface area contributed by atoms with Crippen molar-refractivity contribution in [2.45, 2.75) is 38.6 Å². The van der Waals surface area contributed by atoms with Crippen molar-refractivity contribution in [3.8, 4) is 0 Å². The predicted molar refractivity (Wildman–Crippen MR) is 70.7 cm³/mol. The second-order valence-electron chi connectivity index (χ2n) is 5.52. The summed E-state index contributed by atoms with van der Waals surface area (Å²) in [6, 6.07) is 0.422. The molecule has 0 aromatic rings. The summed E-state index contributed by atoms with van der Waals surface area (Å²) >= 11 is 0. The van der Waals surface area contributed by atoms with Crippen LogP contribution in [0.5, 0.6) is 0 Å². The number of likely N-dealkylation sites (tertiary alicyclic amines) is 1. The largest absolute Gasteiger partial charge is 0.338 e. The van der Waals surface area contributed by atoms with Crippen molar-refractivity contribution < 1.29 is 4.79 Å². The Bertz CT molecular complexity index is 243. The topological polar surface area (TPSA) is 49.6 Å². The third kappa shape index (κ3) is 4.64. The number of rotatable bonds is 6.